The summed E-state index contributed by atoms with van der Waals surface area (Å²) < 4.78 is 6.05. The average molecular weight is 479 g/mol. The Morgan fingerprint density at radius 3 is 2.48 bits per heavy atom. The lowest BCUT2D eigenvalue weighted by Gasteiger charge is -2.25. The molecule has 3 aromatic rings. The molecule has 1 N–H and O–H groups in total. The molecular formula is C24H19BrN2O4. The highest BCUT2D eigenvalue weighted by atomic mass is 79.9. The molecule has 0 radical (unpaired) electrons. The molecule has 1 saturated heterocycles. The van der Waals surface area contributed by atoms with Crippen molar-refractivity contribution in [2.24, 2.45) is 0 Å². The zero-order valence-electron chi connectivity index (χ0n) is 16.9. The number of amides is 1. The third-order valence-corrected chi connectivity index (χ3v) is 5.71. The quantitative estimate of drug-likeness (QED) is 0.331. The van der Waals surface area contributed by atoms with Gasteiger partial charge in [-0.05, 0) is 66.6 Å². The van der Waals surface area contributed by atoms with Crippen LogP contribution in [0.3, 0.4) is 0 Å². The predicted octanol–water partition coefficient (Wildman–Crippen LogP) is 4.79. The molecule has 1 unspecified atom stereocenters. The lowest BCUT2D eigenvalue weighted by molar-refractivity contribution is -0.132. The Balaban J connectivity index is 1.93. The largest absolute Gasteiger partial charge is 0.507 e. The highest BCUT2D eigenvalue weighted by molar-refractivity contribution is 9.10. The van der Waals surface area contributed by atoms with Gasteiger partial charge in [-0.2, -0.15) is 0 Å². The fourth-order valence-corrected chi connectivity index (χ4v) is 4.15. The second-order valence-electron chi connectivity index (χ2n) is 7.11. The van der Waals surface area contributed by atoms with Gasteiger partial charge in [-0.3, -0.25) is 19.5 Å². The summed E-state index contributed by atoms with van der Waals surface area (Å²) in [6.07, 6.45) is 3.18. The van der Waals surface area contributed by atoms with Crippen molar-refractivity contribution in [3.8, 4) is 5.75 Å². The summed E-state index contributed by atoms with van der Waals surface area (Å²) in [5, 5.41) is 11.2. The molecule has 1 aliphatic rings. The van der Waals surface area contributed by atoms with Crippen LogP contribution in [-0.4, -0.2) is 28.9 Å². The topological polar surface area (TPSA) is 79.7 Å². The van der Waals surface area contributed by atoms with Gasteiger partial charge in [0.1, 0.15) is 11.5 Å². The summed E-state index contributed by atoms with van der Waals surface area (Å²) in [5.74, 6) is -1.01. The van der Waals surface area contributed by atoms with E-state index in [1.807, 2.05) is 13.0 Å². The Morgan fingerprint density at radius 1 is 1.10 bits per heavy atom. The van der Waals surface area contributed by atoms with Crippen LogP contribution in [0.25, 0.3) is 5.76 Å². The van der Waals surface area contributed by atoms with Crippen LogP contribution in [0.5, 0.6) is 5.75 Å². The van der Waals surface area contributed by atoms with Gasteiger partial charge in [0, 0.05) is 28.1 Å². The summed E-state index contributed by atoms with van der Waals surface area (Å²) in [7, 11) is 1.56. The van der Waals surface area contributed by atoms with Gasteiger partial charge in [0.2, 0.25) is 0 Å². The van der Waals surface area contributed by atoms with Crippen LogP contribution in [0.2, 0.25) is 0 Å². The molecule has 1 atom stereocenters. The van der Waals surface area contributed by atoms with Crippen LogP contribution < -0.4 is 9.64 Å². The third kappa shape index (κ3) is 3.72. The normalized spacial score (nSPS) is 17.8. The number of aryl methyl sites for hydroxylation is 1. The maximum absolute atomic E-state index is 13.1. The van der Waals surface area contributed by atoms with Gasteiger partial charge in [-0.1, -0.05) is 22.0 Å². The van der Waals surface area contributed by atoms with Crippen LogP contribution in [0, 0.1) is 6.92 Å². The Morgan fingerprint density at radius 2 is 1.84 bits per heavy atom. The van der Waals surface area contributed by atoms with Crippen LogP contribution in [-0.2, 0) is 9.59 Å². The van der Waals surface area contributed by atoms with Crippen molar-refractivity contribution in [3.63, 3.8) is 0 Å². The second-order valence-corrected chi connectivity index (χ2v) is 8.03. The molecule has 1 amide bonds. The van der Waals surface area contributed by atoms with Crippen LogP contribution >= 0.6 is 15.9 Å². The highest BCUT2D eigenvalue weighted by Crippen LogP contribution is 2.42. The molecule has 0 bridgehead atoms. The molecule has 156 valence electrons. The minimum Gasteiger partial charge on any atom is -0.507 e. The number of hydrogen-bond donors (Lipinski definition) is 1. The standard InChI is InChI=1S/C24H19BrN2O4/c1-14-12-16(6-7-19(14)31-2)22(28)20-21(15-8-10-26-11-9-15)27(24(30)23(20)29)18-5-3-4-17(25)13-18/h3-13,21,28H,1-2H3/b22-20+. The van der Waals surface area contributed by atoms with Gasteiger partial charge in [0.15, 0.2) is 0 Å². The van der Waals surface area contributed by atoms with E-state index in [2.05, 4.69) is 20.9 Å². The number of aromatic nitrogens is 1. The molecule has 1 fully saturated rings. The molecular weight excluding hydrogens is 460 g/mol. The fourth-order valence-electron chi connectivity index (χ4n) is 3.77. The summed E-state index contributed by atoms with van der Waals surface area (Å²) in [5.41, 5.74) is 2.47. The summed E-state index contributed by atoms with van der Waals surface area (Å²) >= 11 is 3.42. The van der Waals surface area contributed by atoms with Crippen molar-refractivity contribution in [1.29, 1.82) is 0 Å². The van der Waals surface area contributed by atoms with Gasteiger partial charge in [-0.15, -0.1) is 0 Å². The minimum atomic E-state index is -0.792. The molecule has 4 rings (SSSR count). The van der Waals surface area contributed by atoms with Crippen molar-refractivity contribution in [2.45, 2.75) is 13.0 Å². The number of pyridine rings is 1. The van der Waals surface area contributed by atoms with Crippen molar-refractivity contribution >= 4 is 39.1 Å². The first-order chi connectivity index (χ1) is 14.9. The number of ether oxygens (including phenoxy) is 1. The number of aliphatic hydroxyl groups is 1. The van der Waals surface area contributed by atoms with Crippen LogP contribution in [0.1, 0.15) is 22.7 Å². The van der Waals surface area contributed by atoms with Crippen LogP contribution in [0.4, 0.5) is 5.69 Å². The SMILES string of the molecule is COc1ccc(/C(O)=C2\C(=O)C(=O)N(c3cccc(Br)c3)C2c2ccncc2)cc1C. The van der Waals surface area contributed by atoms with Gasteiger partial charge in [-0.25, -0.2) is 0 Å². The Bertz CT molecular complexity index is 1210. The van der Waals surface area contributed by atoms with E-state index in [1.165, 1.54) is 4.90 Å². The van der Waals surface area contributed by atoms with E-state index >= 15 is 0 Å². The minimum absolute atomic E-state index is 0.0285. The molecule has 0 spiro atoms. The first kappa shape index (κ1) is 20.8. The molecule has 2 heterocycles. The Labute approximate surface area is 187 Å². The van der Waals surface area contributed by atoms with E-state index in [0.29, 0.717) is 22.6 Å². The zero-order valence-corrected chi connectivity index (χ0v) is 18.5. The summed E-state index contributed by atoms with van der Waals surface area (Å²) in [6.45, 7) is 1.84. The fraction of sp³-hybridized carbons (Fsp3) is 0.125. The van der Waals surface area contributed by atoms with Crippen molar-refractivity contribution in [3.05, 3.63) is 93.7 Å². The number of carbonyl (C=O) groups is 2. The zero-order chi connectivity index (χ0) is 22.1. The van der Waals surface area contributed by atoms with E-state index in [1.54, 1.807) is 68.0 Å². The summed E-state index contributed by atoms with van der Waals surface area (Å²) in [4.78, 5) is 31.7. The lowest BCUT2D eigenvalue weighted by atomic mass is 9.95. The number of benzene rings is 2. The number of halogens is 1. The molecule has 1 aliphatic heterocycles. The number of nitrogens with zero attached hydrogens (tertiary/aromatic N) is 2. The Hall–Kier alpha value is -3.45. The maximum Gasteiger partial charge on any atom is 0.300 e. The average Bonchev–Trinajstić information content (AvgIpc) is 3.04. The molecule has 7 heteroatoms. The van der Waals surface area contributed by atoms with Crippen molar-refractivity contribution in [2.75, 3.05) is 12.0 Å². The number of anilines is 1. The second kappa shape index (κ2) is 8.35. The van der Waals surface area contributed by atoms with Crippen molar-refractivity contribution < 1.29 is 19.4 Å². The molecule has 0 aliphatic carbocycles. The van der Waals surface area contributed by atoms with E-state index in [-0.39, 0.29) is 11.3 Å². The van der Waals surface area contributed by atoms with Crippen molar-refractivity contribution in [1.82, 2.24) is 4.98 Å². The highest BCUT2D eigenvalue weighted by Gasteiger charge is 2.47. The van der Waals surface area contributed by atoms with Crippen LogP contribution in [0.15, 0.2) is 77.0 Å². The number of ketones is 1. The number of carbonyl (C=O) groups excluding carboxylic acids is 2. The van der Waals surface area contributed by atoms with E-state index in [4.69, 9.17) is 4.74 Å². The number of Topliss-reactive ketones (excluding diaryl/α,β-unsaturated/α-hetero) is 1. The third-order valence-electron chi connectivity index (χ3n) is 5.22. The maximum atomic E-state index is 13.1. The van der Waals surface area contributed by atoms with E-state index in [0.717, 1.165) is 10.0 Å². The number of aliphatic hydroxyl groups excluding tert-OH is 1. The summed E-state index contributed by atoms with van der Waals surface area (Å²) in [6, 6.07) is 14.9. The van der Waals surface area contributed by atoms with E-state index < -0.39 is 17.7 Å². The molecule has 31 heavy (non-hydrogen) atoms. The molecule has 6 nitrogen and oxygen atoms in total. The molecule has 2 aromatic carbocycles. The van der Waals surface area contributed by atoms with E-state index in [9.17, 15) is 14.7 Å². The smallest absolute Gasteiger partial charge is 0.300 e. The first-order valence-corrected chi connectivity index (χ1v) is 10.3. The van der Waals surface area contributed by atoms with Gasteiger partial charge >= 0.3 is 0 Å². The molecule has 1 aromatic heterocycles. The monoisotopic (exact) mass is 478 g/mol. The Kier molecular flexibility index (Phi) is 5.61. The number of methoxy groups -OCH3 is 1. The molecule has 0 saturated carbocycles. The number of rotatable bonds is 4. The van der Waals surface area contributed by atoms with Gasteiger partial charge in [0.25, 0.3) is 11.7 Å². The van der Waals surface area contributed by atoms with Gasteiger partial charge in [0.05, 0.1) is 18.7 Å². The number of hydrogen-bond acceptors (Lipinski definition) is 5. The first-order valence-electron chi connectivity index (χ1n) is 9.54. The lowest BCUT2D eigenvalue weighted by Crippen LogP contribution is -2.29. The van der Waals surface area contributed by atoms with Gasteiger partial charge < -0.3 is 9.84 Å². The predicted molar refractivity (Wildman–Crippen MR) is 121 cm³/mol.